The quantitative estimate of drug-likeness (QED) is 0.667. The predicted octanol–water partition coefficient (Wildman–Crippen LogP) is 1.65. The van der Waals surface area contributed by atoms with Crippen molar-refractivity contribution in [1.82, 2.24) is 5.01 Å². The molecule has 0 aromatic heterocycles. The molecule has 2 amide bonds. The Morgan fingerprint density at radius 3 is 2.14 bits per heavy atom. The number of carbonyl (C=O) groups excluding carboxylic acids is 1. The number of rotatable bonds is 2. The van der Waals surface area contributed by atoms with Crippen molar-refractivity contribution in [2.75, 3.05) is 19.1 Å². The van der Waals surface area contributed by atoms with Gasteiger partial charge < -0.3 is 5.73 Å². The van der Waals surface area contributed by atoms with E-state index in [1.807, 2.05) is 24.3 Å². The summed E-state index contributed by atoms with van der Waals surface area (Å²) in [6.07, 6.45) is 0. The molecule has 14 heavy (non-hydrogen) atoms. The van der Waals surface area contributed by atoms with E-state index < -0.39 is 6.03 Å². The van der Waals surface area contributed by atoms with Gasteiger partial charge in [0.2, 0.25) is 0 Å². The summed E-state index contributed by atoms with van der Waals surface area (Å²) < 4.78 is 1.12. The van der Waals surface area contributed by atoms with Gasteiger partial charge in [0, 0.05) is 17.7 Å². The first-order chi connectivity index (χ1) is 6.52. The molecule has 0 aliphatic rings. The van der Waals surface area contributed by atoms with Crippen LogP contribution in [0.2, 0.25) is 0 Å². The first-order valence-electron chi connectivity index (χ1n) is 4.04. The van der Waals surface area contributed by atoms with Gasteiger partial charge in [-0.05, 0) is 46.9 Å². The SMILES string of the molecule is CN(C)N(C(N)=O)c1ccc(I)cc1. The van der Waals surface area contributed by atoms with E-state index in [1.54, 1.807) is 19.1 Å². The van der Waals surface area contributed by atoms with E-state index in [-0.39, 0.29) is 0 Å². The highest BCUT2D eigenvalue weighted by Gasteiger charge is 2.13. The summed E-state index contributed by atoms with van der Waals surface area (Å²) >= 11 is 2.21. The molecule has 1 aromatic rings. The fourth-order valence-electron chi connectivity index (χ4n) is 1.14. The number of hydrogen-bond acceptors (Lipinski definition) is 2. The van der Waals surface area contributed by atoms with Crippen LogP contribution in [0.1, 0.15) is 0 Å². The topological polar surface area (TPSA) is 49.6 Å². The minimum atomic E-state index is -0.490. The maximum Gasteiger partial charge on any atom is 0.334 e. The molecule has 0 atom stereocenters. The zero-order chi connectivity index (χ0) is 10.7. The van der Waals surface area contributed by atoms with Crippen molar-refractivity contribution < 1.29 is 4.79 Å². The fraction of sp³-hybridized carbons (Fsp3) is 0.222. The minimum absolute atomic E-state index is 0.490. The smallest absolute Gasteiger partial charge is 0.334 e. The van der Waals surface area contributed by atoms with Crippen LogP contribution >= 0.6 is 22.6 Å². The number of benzene rings is 1. The van der Waals surface area contributed by atoms with E-state index in [1.165, 1.54) is 5.01 Å². The Morgan fingerprint density at radius 2 is 1.79 bits per heavy atom. The van der Waals surface area contributed by atoms with Crippen molar-refractivity contribution in [3.63, 3.8) is 0 Å². The molecule has 4 nitrogen and oxygen atoms in total. The van der Waals surface area contributed by atoms with E-state index in [0.717, 1.165) is 9.26 Å². The molecule has 2 N–H and O–H groups in total. The Bertz CT molecular complexity index is 323. The lowest BCUT2D eigenvalue weighted by molar-refractivity contribution is 0.239. The van der Waals surface area contributed by atoms with Crippen LogP contribution < -0.4 is 10.7 Å². The van der Waals surface area contributed by atoms with Crippen LogP contribution in [0.3, 0.4) is 0 Å². The molecule has 0 saturated carbocycles. The lowest BCUT2D eigenvalue weighted by Crippen LogP contribution is -2.45. The first kappa shape index (κ1) is 11.3. The van der Waals surface area contributed by atoms with E-state index in [2.05, 4.69) is 22.6 Å². The lowest BCUT2D eigenvalue weighted by atomic mass is 10.3. The summed E-state index contributed by atoms with van der Waals surface area (Å²) in [5, 5.41) is 3.04. The Morgan fingerprint density at radius 1 is 1.29 bits per heavy atom. The summed E-state index contributed by atoms with van der Waals surface area (Å²) in [4.78, 5) is 11.1. The monoisotopic (exact) mass is 305 g/mol. The third kappa shape index (κ3) is 2.58. The van der Waals surface area contributed by atoms with E-state index in [9.17, 15) is 4.79 Å². The number of amides is 2. The van der Waals surface area contributed by atoms with E-state index >= 15 is 0 Å². The number of hydrazine groups is 1. The number of nitrogens with two attached hydrogens (primary N) is 1. The molecule has 0 heterocycles. The van der Waals surface area contributed by atoms with Gasteiger partial charge in [-0.1, -0.05) is 0 Å². The lowest BCUT2D eigenvalue weighted by Gasteiger charge is -2.26. The Kier molecular flexibility index (Phi) is 3.70. The number of nitrogens with zero attached hydrogens (tertiary/aromatic N) is 2. The van der Waals surface area contributed by atoms with Gasteiger partial charge in [-0.15, -0.1) is 0 Å². The highest BCUT2D eigenvalue weighted by molar-refractivity contribution is 14.1. The summed E-state index contributed by atoms with van der Waals surface area (Å²) in [6.45, 7) is 0. The van der Waals surface area contributed by atoms with Gasteiger partial charge in [-0.3, -0.25) is 0 Å². The maximum atomic E-state index is 11.1. The van der Waals surface area contributed by atoms with E-state index in [0.29, 0.717) is 0 Å². The van der Waals surface area contributed by atoms with Crippen LogP contribution in [0, 0.1) is 3.57 Å². The van der Waals surface area contributed by atoms with E-state index in [4.69, 9.17) is 5.73 Å². The average molecular weight is 305 g/mol. The second-order valence-corrected chi connectivity index (χ2v) is 4.22. The Labute approximate surface area is 96.8 Å². The molecule has 0 bridgehead atoms. The summed E-state index contributed by atoms with van der Waals surface area (Å²) in [6, 6.07) is 7.07. The first-order valence-corrected chi connectivity index (χ1v) is 5.12. The van der Waals surface area contributed by atoms with Crippen LogP contribution in [-0.2, 0) is 0 Å². The molecule has 76 valence electrons. The van der Waals surface area contributed by atoms with Crippen molar-refractivity contribution in [2.24, 2.45) is 5.73 Å². The van der Waals surface area contributed by atoms with Crippen molar-refractivity contribution in [2.45, 2.75) is 0 Å². The molecule has 0 spiro atoms. The van der Waals surface area contributed by atoms with Gasteiger partial charge in [0.25, 0.3) is 0 Å². The molecule has 0 aliphatic heterocycles. The molecular weight excluding hydrogens is 293 g/mol. The standard InChI is InChI=1S/C9H12IN3O/c1-12(2)13(9(11)14)8-5-3-7(10)4-6-8/h3-6H,1-2H3,(H2,11,14). The Balaban J connectivity index is 3.00. The van der Waals surface area contributed by atoms with Crippen LogP contribution in [0.5, 0.6) is 0 Å². The van der Waals surface area contributed by atoms with Gasteiger partial charge in [-0.2, -0.15) is 0 Å². The fourth-order valence-corrected chi connectivity index (χ4v) is 1.50. The third-order valence-electron chi connectivity index (χ3n) is 1.68. The number of carbonyl (C=O) groups is 1. The molecule has 1 rings (SSSR count). The molecule has 0 unspecified atom stereocenters. The van der Waals surface area contributed by atoms with Gasteiger partial charge in [-0.25, -0.2) is 14.8 Å². The zero-order valence-electron chi connectivity index (χ0n) is 8.07. The Hall–Kier alpha value is -0.820. The van der Waals surface area contributed by atoms with Crippen molar-refractivity contribution in [3.8, 4) is 0 Å². The van der Waals surface area contributed by atoms with Crippen molar-refractivity contribution in [3.05, 3.63) is 27.8 Å². The highest BCUT2D eigenvalue weighted by Crippen LogP contribution is 2.16. The van der Waals surface area contributed by atoms with Gasteiger partial charge in [0.05, 0.1) is 5.69 Å². The average Bonchev–Trinajstić information content (AvgIpc) is 2.07. The number of halogens is 1. The van der Waals surface area contributed by atoms with Crippen LogP contribution in [0.15, 0.2) is 24.3 Å². The predicted molar refractivity (Wildman–Crippen MR) is 64.9 cm³/mol. The molecule has 0 saturated heterocycles. The third-order valence-corrected chi connectivity index (χ3v) is 2.40. The largest absolute Gasteiger partial charge is 0.350 e. The highest BCUT2D eigenvalue weighted by atomic mass is 127. The number of primary amides is 1. The van der Waals surface area contributed by atoms with Gasteiger partial charge >= 0.3 is 6.03 Å². The van der Waals surface area contributed by atoms with Gasteiger partial charge in [0.15, 0.2) is 0 Å². The molecule has 1 aromatic carbocycles. The molecule has 0 aliphatic carbocycles. The summed E-state index contributed by atoms with van der Waals surface area (Å²) in [5.41, 5.74) is 6.02. The van der Waals surface area contributed by atoms with Crippen LogP contribution in [0.4, 0.5) is 10.5 Å². The van der Waals surface area contributed by atoms with Crippen molar-refractivity contribution >= 4 is 34.3 Å². The molecule has 5 heteroatoms. The summed E-state index contributed by atoms with van der Waals surface area (Å²) in [7, 11) is 3.53. The van der Waals surface area contributed by atoms with Crippen LogP contribution in [0.25, 0.3) is 0 Å². The zero-order valence-corrected chi connectivity index (χ0v) is 10.2. The number of anilines is 1. The molecule has 0 fully saturated rings. The maximum absolute atomic E-state index is 11.1. The minimum Gasteiger partial charge on any atom is -0.350 e. The second kappa shape index (κ2) is 4.61. The number of urea groups is 1. The molecule has 0 radical (unpaired) electrons. The van der Waals surface area contributed by atoms with Crippen LogP contribution in [-0.4, -0.2) is 25.1 Å². The number of hydrogen-bond donors (Lipinski definition) is 1. The van der Waals surface area contributed by atoms with Gasteiger partial charge in [0.1, 0.15) is 0 Å². The second-order valence-electron chi connectivity index (χ2n) is 2.97. The molecular formula is C9H12IN3O. The van der Waals surface area contributed by atoms with Crippen molar-refractivity contribution in [1.29, 1.82) is 0 Å². The summed E-state index contributed by atoms with van der Waals surface area (Å²) in [5.74, 6) is 0. The normalized spacial score (nSPS) is 10.3.